The van der Waals surface area contributed by atoms with Gasteiger partial charge >= 0.3 is 0 Å². The van der Waals surface area contributed by atoms with Gasteiger partial charge in [-0.05, 0) is 30.9 Å². The molecule has 0 aromatic heterocycles. The van der Waals surface area contributed by atoms with E-state index in [-0.39, 0.29) is 0 Å². The third-order valence-electron chi connectivity index (χ3n) is 2.20. The number of allylic oxidation sites excluding steroid dienone is 4. The lowest BCUT2D eigenvalue weighted by Gasteiger charge is -2.11. The molecule has 92 valence electrons. The monoisotopic (exact) mass is 240 g/mol. The lowest BCUT2D eigenvalue weighted by Crippen LogP contribution is -2.29. The van der Waals surface area contributed by atoms with Crippen molar-refractivity contribution in [1.29, 1.82) is 0 Å². The topological polar surface area (TPSA) is 24.4 Å². The van der Waals surface area contributed by atoms with Crippen LogP contribution in [0.4, 0.5) is 0 Å². The Morgan fingerprint density at radius 1 is 1.38 bits per heavy atom. The van der Waals surface area contributed by atoms with Crippen LogP contribution in [0.5, 0.6) is 0 Å². The first-order valence-corrected chi connectivity index (χ1v) is 7.17. The van der Waals surface area contributed by atoms with Crippen LogP contribution >= 0.6 is 11.8 Å². The van der Waals surface area contributed by atoms with Crippen molar-refractivity contribution >= 4 is 17.5 Å². The molecular weight excluding hydrogens is 216 g/mol. The predicted molar refractivity (Wildman–Crippen MR) is 77.0 cm³/mol. The van der Waals surface area contributed by atoms with Gasteiger partial charge in [-0.15, -0.1) is 11.8 Å². The Bertz CT molecular complexity index is 278. The largest absolute Gasteiger partial charge is 0.304 e. The second kappa shape index (κ2) is 9.52. The van der Waals surface area contributed by atoms with Crippen LogP contribution < -0.4 is 5.43 Å². The summed E-state index contributed by atoms with van der Waals surface area (Å²) in [5, 5.41) is 3.85. The van der Waals surface area contributed by atoms with E-state index in [0.717, 1.165) is 13.0 Å². The molecule has 0 radical (unpaired) electrons. The Hall–Kier alpha value is -0.700. The Labute approximate surface area is 104 Å². The number of hydrogen-bond donors (Lipinski definition) is 1. The summed E-state index contributed by atoms with van der Waals surface area (Å²) in [5.41, 5.74) is 5.57. The molecule has 16 heavy (non-hydrogen) atoms. The molecular formula is C13H24N2S. The van der Waals surface area contributed by atoms with Crippen LogP contribution in [0, 0.1) is 0 Å². The van der Waals surface area contributed by atoms with Crippen LogP contribution in [-0.2, 0) is 0 Å². The molecule has 3 heteroatoms. The van der Waals surface area contributed by atoms with Crippen molar-refractivity contribution in [2.75, 3.05) is 12.8 Å². The standard InChI is InChI=1S/C7H10S.C4H8N2.C2H6/c1-6-3-4-7(5-6)8-2;1-2-4-3-5-6-4;1-2/h3-4H,5H2,1-2H3;5H,2-3H2,1H3;1-2H3. The summed E-state index contributed by atoms with van der Waals surface area (Å²) >= 11 is 1.85. The minimum absolute atomic E-state index is 1.01. The molecule has 1 heterocycles. The molecule has 2 aliphatic rings. The maximum atomic E-state index is 3.85. The maximum absolute atomic E-state index is 3.85. The van der Waals surface area contributed by atoms with Gasteiger partial charge in [0.2, 0.25) is 0 Å². The lowest BCUT2D eigenvalue weighted by molar-refractivity contribution is 0.752. The van der Waals surface area contributed by atoms with Gasteiger partial charge in [0.25, 0.3) is 0 Å². The van der Waals surface area contributed by atoms with E-state index >= 15 is 0 Å². The molecule has 0 fully saturated rings. The molecule has 0 saturated heterocycles. The summed E-state index contributed by atoms with van der Waals surface area (Å²) in [6.07, 6.45) is 8.79. The summed E-state index contributed by atoms with van der Waals surface area (Å²) in [6.45, 7) is 9.29. The molecule has 1 aliphatic heterocycles. The smallest absolute Gasteiger partial charge is 0.0730 e. The van der Waals surface area contributed by atoms with Crippen molar-refractivity contribution in [3.63, 3.8) is 0 Å². The zero-order valence-corrected chi connectivity index (χ0v) is 11.9. The van der Waals surface area contributed by atoms with E-state index in [1.165, 1.54) is 22.6 Å². The summed E-state index contributed by atoms with van der Waals surface area (Å²) in [4.78, 5) is 1.49. The Kier molecular flexibility index (Phi) is 9.10. The average Bonchev–Trinajstić information content (AvgIpc) is 2.67. The molecule has 0 amide bonds. The Morgan fingerprint density at radius 2 is 2.00 bits per heavy atom. The number of rotatable bonds is 2. The first kappa shape index (κ1) is 15.3. The van der Waals surface area contributed by atoms with Gasteiger partial charge in [0.05, 0.1) is 12.3 Å². The van der Waals surface area contributed by atoms with E-state index in [9.17, 15) is 0 Å². The fraction of sp³-hybridized carbons (Fsp3) is 0.615. The number of nitrogens with one attached hydrogen (secondary N) is 1. The van der Waals surface area contributed by atoms with E-state index in [2.05, 4.69) is 42.8 Å². The summed E-state index contributed by atoms with van der Waals surface area (Å²) in [6, 6.07) is 0. The van der Waals surface area contributed by atoms with E-state index in [4.69, 9.17) is 0 Å². The van der Waals surface area contributed by atoms with Crippen LogP contribution in [0.25, 0.3) is 0 Å². The third kappa shape index (κ3) is 6.01. The van der Waals surface area contributed by atoms with Crippen LogP contribution in [-0.4, -0.2) is 18.5 Å². The molecule has 0 aromatic carbocycles. The number of hydrogen-bond acceptors (Lipinski definition) is 3. The molecule has 0 unspecified atom stereocenters. The highest BCUT2D eigenvalue weighted by molar-refractivity contribution is 8.02. The van der Waals surface area contributed by atoms with Gasteiger partial charge in [0.15, 0.2) is 0 Å². The van der Waals surface area contributed by atoms with Crippen molar-refractivity contribution in [3.05, 3.63) is 22.6 Å². The van der Waals surface area contributed by atoms with Gasteiger partial charge in [-0.3, -0.25) is 0 Å². The highest BCUT2D eigenvalue weighted by Crippen LogP contribution is 2.25. The molecule has 2 nitrogen and oxygen atoms in total. The van der Waals surface area contributed by atoms with Crippen LogP contribution in [0.15, 0.2) is 27.7 Å². The zero-order valence-electron chi connectivity index (χ0n) is 11.1. The maximum Gasteiger partial charge on any atom is 0.0730 e. The minimum Gasteiger partial charge on any atom is -0.304 e. The van der Waals surface area contributed by atoms with E-state index < -0.39 is 0 Å². The number of hydrazone groups is 1. The van der Waals surface area contributed by atoms with Gasteiger partial charge in [0, 0.05) is 0 Å². The molecule has 0 bridgehead atoms. The quantitative estimate of drug-likeness (QED) is 0.790. The molecule has 0 atom stereocenters. The van der Waals surface area contributed by atoms with Gasteiger partial charge in [-0.25, -0.2) is 0 Å². The van der Waals surface area contributed by atoms with Crippen LogP contribution in [0.1, 0.15) is 40.5 Å². The average molecular weight is 240 g/mol. The van der Waals surface area contributed by atoms with E-state index in [0.29, 0.717) is 0 Å². The Morgan fingerprint density at radius 3 is 2.12 bits per heavy atom. The second-order valence-electron chi connectivity index (χ2n) is 3.39. The fourth-order valence-corrected chi connectivity index (χ4v) is 1.74. The second-order valence-corrected chi connectivity index (χ2v) is 4.33. The van der Waals surface area contributed by atoms with Crippen molar-refractivity contribution < 1.29 is 0 Å². The normalized spacial score (nSPS) is 16.2. The Balaban J connectivity index is 0.000000251. The number of thioether (sulfide) groups is 1. The van der Waals surface area contributed by atoms with Gasteiger partial charge in [0.1, 0.15) is 0 Å². The number of nitrogens with zero attached hydrogens (tertiary/aromatic N) is 1. The van der Waals surface area contributed by atoms with Crippen molar-refractivity contribution in [2.45, 2.75) is 40.5 Å². The van der Waals surface area contributed by atoms with Gasteiger partial charge in [-0.1, -0.05) is 38.5 Å². The first-order valence-electron chi connectivity index (χ1n) is 5.95. The van der Waals surface area contributed by atoms with Crippen molar-refractivity contribution in [3.8, 4) is 0 Å². The molecule has 0 spiro atoms. The first-order chi connectivity index (χ1) is 7.76. The minimum atomic E-state index is 1.01. The van der Waals surface area contributed by atoms with Crippen LogP contribution in [0.2, 0.25) is 0 Å². The predicted octanol–water partition coefficient (Wildman–Crippen LogP) is 3.97. The fourth-order valence-electron chi connectivity index (χ4n) is 1.16. The summed E-state index contributed by atoms with van der Waals surface area (Å²) < 4.78 is 0. The summed E-state index contributed by atoms with van der Waals surface area (Å²) in [5.74, 6) is 0. The van der Waals surface area contributed by atoms with Gasteiger partial charge in [-0.2, -0.15) is 5.10 Å². The molecule has 0 aromatic rings. The van der Waals surface area contributed by atoms with Crippen LogP contribution in [0.3, 0.4) is 0 Å². The zero-order chi connectivity index (χ0) is 12.4. The molecule has 2 rings (SSSR count). The molecule has 1 aliphatic carbocycles. The molecule has 1 N–H and O–H groups in total. The lowest BCUT2D eigenvalue weighted by atomic mass is 10.3. The van der Waals surface area contributed by atoms with E-state index in [1.54, 1.807) is 0 Å². The van der Waals surface area contributed by atoms with Gasteiger partial charge < -0.3 is 5.43 Å². The highest BCUT2D eigenvalue weighted by Gasteiger charge is 2.01. The highest BCUT2D eigenvalue weighted by atomic mass is 32.2. The summed E-state index contributed by atoms with van der Waals surface area (Å²) in [7, 11) is 0. The molecule has 0 saturated carbocycles. The van der Waals surface area contributed by atoms with Crippen molar-refractivity contribution in [2.24, 2.45) is 5.10 Å². The van der Waals surface area contributed by atoms with E-state index in [1.807, 2.05) is 25.6 Å². The SMILES string of the molecule is CC.CCC1=NNC1.CSC1=CC=C(C)C1. The third-order valence-corrected chi connectivity index (χ3v) is 3.00. The van der Waals surface area contributed by atoms with Crippen molar-refractivity contribution in [1.82, 2.24) is 5.43 Å².